The molecule has 3 nitrogen and oxygen atoms in total. The lowest BCUT2D eigenvalue weighted by Gasteiger charge is -2.21. The van der Waals surface area contributed by atoms with Crippen molar-refractivity contribution in [3.63, 3.8) is 0 Å². The number of halogens is 1. The molecule has 124 valence electrons. The van der Waals surface area contributed by atoms with Crippen molar-refractivity contribution in [3.8, 4) is 5.75 Å². The molecular formula is C18H22ClNO2S. The number of ketones is 1. The molecule has 0 saturated heterocycles. The van der Waals surface area contributed by atoms with E-state index in [1.807, 2.05) is 0 Å². The number of nitrogens with zero attached hydrogens (tertiary/aromatic N) is 1. The lowest BCUT2D eigenvalue weighted by molar-refractivity contribution is 0.104. The van der Waals surface area contributed by atoms with Crippen LogP contribution in [0.2, 0.25) is 5.02 Å². The number of hydrogen-bond donors (Lipinski definition) is 0. The zero-order valence-electron chi connectivity index (χ0n) is 14.0. The number of carbonyl (C=O) groups is 1. The lowest BCUT2D eigenvalue weighted by Crippen LogP contribution is -2.18. The number of allylic oxidation sites excluding steroid dienone is 3. The van der Waals surface area contributed by atoms with E-state index in [2.05, 4.69) is 25.7 Å². The molecule has 0 bridgehead atoms. The summed E-state index contributed by atoms with van der Waals surface area (Å²) in [6.07, 6.45) is 3.91. The van der Waals surface area contributed by atoms with Crippen LogP contribution in [0.4, 0.5) is 0 Å². The van der Waals surface area contributed by atoms with Crippen LogP contribution in [0.25, 0.3) is 0 Å². The van der Waals surface area contributed by atoms with Gasteiger partial charge in [-0.1, -0.05) is 36.7 Å². The van der Waals surface area contributed by atoms with E-state index in [1.54, 1.807) is 43.1 Å². The summed E-state index contributed by atoms with van der Waals surface area (Å²) in [6.45, 7) is 7.28. The third kappa shape index (κ3) is 4.12. The normalized spacial score (nSPS) is 16.4. The number of unbranched alkanes of at least 4 members (excludes halogenated alkanes) is 1. The fraction of sp³-hybridized carbons (Fsp3) is 0.389. The Balaban J connectivity index is 2.30. The highest BCUT2D eigenvalue weighted by Gasteiger charge is 2.24. The fourth-order valence-corrected chi connectivity index (χ4v) is 3.65. The molecule has 23 heavy (non-hydrogen) atoms. The van der Waals surface area contributed by atoms with Gasteiger partial charge in [0.05, 0.1) is 17.7 Å². The molecule has 1 aromatic rings. The highest BCUT2D eigenvalue weighted by molar-refractivity contribution is 8.06. The molecule has 0 aliphatic carbocycles. The van der Waals surface area contributed by atoms with Gasteiger partial charge in [0.25, 0.3) is 0 Å². The third-order valence-corrected chi connectivity index (χ3v) is 5.24. The van der Waals surface area contributed by atoms with Crippen molar-refractivity contribution in [1.29, 1.82) is 0 Å². The number of methoxy groups -OCH3 is 1. The van der Waals surface area contributed by atoms with E-state index < -0.39 is 0 Å². The summed E-state index contributed by atoms with van der Waals surface area (Å²) >= 11 is 7.67. The summed E-state index contributed by atoms with van der Waals surface area (Å²) < 4.78 is 5.28. The summed E-state index contributed by atoms with van der Waals surface area (Å²) in [7, 11) is 1.56. The molecule has 0 saturated carbocycles. The van der Waals surface area contributed by atoms with Crippen molar-refractivity contribution in [2.45, 2.75) is 33.6 Å². The van der Waals surface area contributed by atoms with E-state index in [0.717, 1.165) is 24.4 Å². The van der Waals surface area contributed by atoms with Gasteiger partial charge in [0.2, 0.25) is 0 Å². The van der Waals surface area contributed by atoms with Crippen LogP contribution >= 0.6 is 23.4 Å². The van der Waals surface area contributed by atoms with E-state index in [4.69, 9.17) is 16.3 Å². The first-order chi connectivity index (χ1) is 11.0. The van der Waals surface area contributed by atoms with Crippen molar-refractivity contribution >= 4 is 29.1 Å². The van der Waals surface area contributed by atoms with Gasteiger partial charge in [0.1, 0.15) is 5.75 Å². The second-order valence-electron chi connectivity index (χ2n) is 5.44. The van der Waals surface area contributed by atoms with E-state index in [1.165, 1.54) is 10.6 Å². The lowest BCUT2D eigenvalue weighted by atomic mass is 10.1. The zero-order valence-corrected chi connectivity index (χ0v) is 15.6. The van der Waals surface area contributed by atoms with Crippen molar-refractivity contribution in [2.75, 3.05) is 13.7 Å². The third-order valence-electron chi connectivity index (χ3n) is 3.85. The highest BCUT2D eigenvalue weighted by Crippen LogP contribution is 2.41. The largest absolute Gasteiger partial charge is 0.496 e. The van der Waals surface area contributed by atoms with Crippen LogP contribution in [0.3, 0.4) is 0 Å². The van der Waals surface area contributed by atoms with Gasteiger partial charge in [-0.15, -0.1) is 0 Å². The second-order valence-corrected chi connectivity index (χ2v) is 7.11. The first-order valence-corrected chi connectivity index (χ1v) is 8.89. The van der Waals surface area contributed by atoms with Gasteiger partial charge in [0, 0.05) is 28.2 Å². The van der Waals surface area contributed by atoms with E-state index in [-0.39, 0.29) is 5.78 Å². The van der Waals surface area contributed by atoms with Gasteiger partial charge in [0.15, 0.2) is 5.78 Å². The molecule has 2 rings (SSSR count). The summed E-state index contributed by atoms with van der Waals surface area (Å²) in [5, 5.41) is 1.50. The van der Waals surface area contributed by atoms with Gasteiger partial charge in [-0.2, -0.15) is 0 Å². The molecule has 0 N–H and O–H groups in total. The number of hydrogen-bond acceptors (Lipinski definition) is 4. The average molecular weight is 352 g/mol. The number of ether oxygens (including phenoxy) is 1. The van der Waals surface area contributed by atoms with Crippen LogP contribution in [0.15, 0.2) is 39.9 Å². The Labute approximate surface area is 147 Å². The summed E-state index contributed by atoms with van der Waals surface area (Å²) in [6, 6.07) is 5.10. The first-order valence-electron chi connectivity index (χ1n) is 7.70. The van der Waals surface area contributed by atoms with Crippen molar-refractivity contribution in [3.05, 3.63) is 50.5 Å². The molecule has 1 aliphatic rings. The van der Waals surface area contributed by atoms with Crippen LogP contribution in [-0.2, 0) is 0 Å². The maximum absolute atomic E-state index is 12.7. The van der Waals surface area contributed by atoms with E-state index in [9.17, 15) is 4.79 Å². The summed E-state index contributed by atoms with van der Waals surface area (Å²) in [4.78, 5) is 16.1. The monoisotopic (exact) mass is 351 g/mol. The molecule has 1 aliphatic heterocycles. The van der Waals surface area contributed by atoms with Gasteiger partial charge < -0.3 is 9.64 Å². The Morgan fingerprint density at radius 1 is 1.39 bits per heavy atom. The van der Waals surface area contributed by atoms with Crippen LogP contribution in [-0.4, -0.2) is 24.3 Å². The topological polar surface area (TPSA) is 29.5 Å². The second kappa shape index (κ2) is 7.93. The maximum atomic E-state index is 12.7. The number of benzene rings is 1. The predicted molar refractivity (Wildman–Crippen MR) is 98.0 cm³/mol. The Hall–Kier alpha value is -1.39. The van der Waals surface area contributed by atoms with Crippen LogP contribution in [0.1, 0.15) is 44.0 Å². The molecule has 0 fully saturated rings. The smallest absolute Gasteiger partial charge is 0.192 e. The van der Waals surface area contributed by atoms with Gasteiger partial charge in [-0.05, 0) is 38.5 Å². The SMILES string of the molecule is CCCCN1C(=CC(=O)c2cc(Cl)ccc2OC)SC(C)=C1C. The minimum Gasteiger partial charge on any atom is -0.496 e. The predicted octanol–water partition coefficient (Wildman–Crippen LogP) is 5.47. The Morgan fingerprint density at radius 2 is 2.13 bits per heavy atom. The van der Waals surface area contributed by atoms with Crippen molar-refractivity contribution in [2.24, 2.45) is 0 Å². The summed E-state index contributed by atoms with van der Waals surface area (Å²) in [5.74, 6) is 0.455. The Bertz CT molecular complexity index is 667. The molecule has 0 amide bonds. The van der Waals surface area contributed by atoms with Crippen LogP contribution < -0.4 is 4.74 Å². The van der Waals surface area contributed by atoms with Crippen molar-refractivity contribution < 1.29 is 9.53 Å². The molecule has 0 spiro atoms. The highest BCUT2D eigenvalue weighted by atomic mass is 35.5. The van der Waals surface area contributed by atoms with Gasteiger partial charge >= 0.3 is 0 Å². The first kappa shape index (κ1) is 18.0. The van der Waals surface area contributed by atoms with Gasteiger partial charge in [-0.3, -0.25) is 4.79 Å². The standard InChI is InChI=1S/C18H22ClNO2S/c1-5-6-9-20-12(2)13(3)23-18(20)11-16(21)15-10-14(19)7-8-17(15)22-4/h7-8,10-11H,5-6,9H2,1-4H3. The molecular weight excluding hydrogens is 330 g/mol. The van der Waals surface area contributed by atoms with E-state index >= 15 is 0 Å². The number of thioether (sulfide) groups is 1. The molecule has 1 heterocycles. The molecule has 0 unspecified atom stereocenters. The number of rotatable bonds is 6. The van der Waals surface area contributed by atoms with E-state index in [0.29, 0.717) is 16.3 Å². The van der Waals surface area contributed by atoms with Gasteiger partial charge in [-0.25, -0.2) is 0 Å². The number of carbonyl (C=O) groups excluding carboxylic acids is 1. The molecule has 0 radical (unpaired) electrons. The van der Waals surface area contributed by atoms with Crippen LogP contribution in [0.5, 0.6) is 5.75 Å². The Morgan fingerprint density at radius 3 is 2.78 bits per heavy atom. The minimum absolute atomic E-state index is 0.0872. The van der Waals surface area contributed by atoms with Crippen LogP contribution in [0, 0.1) is 0 Å². The zero-order chi connectivity index (χ0) is 17.0. The quantitative estimate of drug-likeness (QED) is 0.502. The Kier molecular flexibility index (Phi) is 6.19. The molecule has 5 heteroatoms. The van der Waals surface area contributed by atoms with Crippen molar-refractivity contribution in [1.82, 2.24) is 4.90 Å². The minimum atomic E-state index is -0.0872. The molecule has 0 aromatic heterocycles. The molecule has 1 aromatic carbocycles. The summed E-state index contributed by atoms with van der Waals surface area (Å²) in [5.41, 5.74) is 1.71. The fourth-order valence-electron chi connectivity index (χ4n) is 2.41. The maximum Gasteiger partial charge on any atom is 0.192 e. The molecule has 0 atom stereocenters. The average Bonchev–Trinajstić information content (AvgIpc) is 2.79.